The van der Waals surface area contributed by atoms with Crippen molar-refractivity contribution in [3.05, 3.63) is 121 Å². The van der Waals surface area contributed by atoms with Crippen molar-refractivity contribution >= 4 is 34.5 Å². The molecule has 3 aromatic carbocycles. The van der Waals surface area contributed by atoms with Gasteiger partial charge in [-0.15, -0.1) is 0 Å². The van der Waals surface area contributed by atoms with Gasteiger partial charge >= 0.3 is 5.69 Å². The molecule has 0 atom stereocenters. The lowest BCUT2D eigenvalue weighted by Crippen LogP contribution is -2.40. The maximum absolute atomic E-state index is 13.4. The number of fused-ring (bicyclic) bond motifs is 1. The maximum Gasteiger partial charge on any atom is 0.331 e. The molecule has 0 aliphatic heterocycles. The Kier molecular flexibility index (Phi) is 7.06. The van der Waals surface area contributed by atoms with Gasteiger partial charge in [0.25, 0.3) is 11.5 Å². The van der Waals surface area contributed by atoms with E-state index in [0.717, 1.165) is 16.7 Å². The molecular formula is C26H22ClN3O4. The number of rotatable bonds is 7. The lowest BCUT2D eigenvalue weighted by molar-refractivity contribution is -0.124. The van der Waals surface area contributed by atoms with Crippen LogP contribution in [0.3, 0.4) is 0 Å². The number of hydrogen-bond acceptors (Lipinski definition) is 4. The van der Waals surface area contributed by atoms with Crippen LogP contribution in [-0.4, -0.2) is 20.2 Å². The highest BCUT2D eigenvalue weighted by Gasteiger charge is 2.13. The molecule has 0 fully saturated rings. The van der Waals surface area contributed by atoms with Crippen molar-refractivity contribution in [2.24, 2.45) is 0 Å². The second kappa shape index (κ2) is 10.3. The molecule has 0 saturated carbocycles. The van der Waals surface area contributed by atoms with Crippen LogP contribution in [0.5, 0.6) is 0 Å². The van der Waals surface area contributed by atoms with E-state index in [2.05, 4.69) is 0 Å². The summed E-state index contributed by atoms with van der Waals surface area (Å²) in [5.74, 6) is -0.622. The van der Waals surface area contributed by atoms with E-state index in [1.165, 1.54) is 16.1 Å². The third-order valence-electron chi connectivity index (χ3n) is 5.53. The number of nitrogens with zero attached hydrogens (tertiary/aromatic N) is 2. The number of benzene rings is 3. The standard InChI is InChI=1S/C26H22ClN3O4/c27-21-12-9-19(10-13-21)15-16-29-25(32)22-3-1-2-4-23(22)30(26(29)33)17-20-7-5-18(6-8-20)11-14-24(31)28-34/h1-14,34H,15-17H2,(H,28,31)/b14-11+. The Bertz CT molecular complexity index is 1470. The van der Waals surface area contributed by atoms with Crippen molar-refractivity contribution in [2.45, 2.75) is 19.5 Å². The van der Waals surface area contributed by atoms with Gasteiger partial charge in [0.15, 0.2) is 0 Å². The van der Waals surface area contributed by atoms with Crippen LogP contribution >= 0.6 is 11.6 Å². The van der Waals surface area contributed by atoms with E-state index in [-0.39, 0.29) is 24.3 Å². The Morgan fingerprint density at radius 2 is 1.59 bits per heavy atom. The molecule has 1 amide bonds. The Morgan fingerprint density at radius 3 is 2.29 bits per heavy atom. The summed E-state index contributed by atoms with van der Waals surface area (Å²) in [5, 5.41) is 9.69. The Hall–Kier alpha value is -3.94. The second-order valence-electron chi connectivity index (χ2n) is 7.77. The van der Waals surface area contributed by atoms with E-state index in [9.17, 15) is 14.4 Å². The van der Waals surface area contributed by atoms with Gasteiger partial charge < -0.3 is 0 Å². The fourth-order valence-corrected chi connectivity index (χ4v) is 3.86. The average molecular weight is 476 g/mol. The number of hydroxylamine groups is 1. The van der Waals surface area contributed by atoms with Crippen molar-refractivity contribution in [1.82, 2.24) is 14.6 Å². The fraction of sp³-hybridized carbons (Fsp3) is 0.115. The molecule has 7 nitrogen and oxygen atoms in total. The minimum atomic E-state index is -0.622. The fourth-order valence-electron chi connectivity index (χ4n) is 3.74. The smallest absolute Gasteiger partial charge is 0.289 e. The van der Waals surface area contributed by atoms with Gasteiger partial charge in [-0.05, 0) is 53.5 Å². The molecule has 0 saturated heterocycles. The van der Waals surface area contributed by atoms with E-state index in [4.69, 9.17) is 16.8 Å². The molecule has 4 rings (SSSR count). The van der Waals surface area contributed by atoms with E-state index < -0.39 is 5.91 Å². The zero-order valence-electron chi connectivity index (χ0n) is 18.1. The van der Waals surface area contributed by atoms with Gasteiger partial charge in [0.1, 0.15) is 0 Å². The first-order valence-electron chi connectivity index (χ1n) is 10.6. The van der Waals surface area contributed by atoms with Crippen molar-refractivity contribution in [2.75, 3.05) is 0 Å². The van der Waals surface area contributed by atoms with E-state index >= 15 is 0 Å². The topological polar surface area (TPSA) is 93.3 Å². The molecule has 0 unspecified atom stereocenters. The molecule has 34 heavy (non-hydrogen) atoms. The van der Waals surface area contributed by atoms with Gasteiger partial charge in [-0.25, -0.2) is 10.3 Å². The summed E-state index contributed by atoms with van der Waals surface area (Å²) in [7, 11) is 0. The molecule has 8 heteroatoms. The summed E-state index contributed by atoms with van der Waals surface area (Å²) in [6.07, 6.45) is 3.30. The van der Waals surface area contributed by atoms with Gasteiger partial charge in [0.2, 0.25) is 0 Å². The first kappa shape index (κ1) is 23.2. The average Bonchev–Trinajstić information content (AvgIpc) is 2.86. The molecule has 0 aliphatic carbocycles. The number of carbonyl (C=O) groups is 1. The van der Waals surface area contributed by atoms with Crippen LogP contribution in [0.15, 0.2) is 88.5 Å². The molecule has 2 N–H and O–H groups in total. The van der Waals surface area contributed by atoms with E-state index in [1.54, 1.807) is 59.2 Å². The molecule has 0 radical (unpaired) electrons. The number of nitrogens with one attached hydrogen (secondary N) is 1. The molecular weight excluding hydrogens is 454 g/mol. The molecule has 1 heterocycles. The molecule has 4 aromatic rings. The number of aromatic nitrogens is 2. The zero-order valence-corrected chi connectivity index (χ0v) is 18.9. The Labute approximate surface area is 200 Å². The van der Waals surface area contributed by atoms with Gasteiger partial charge in [0, 0.05) is 17.6 Å². The van der Waals surface area contributed by atoms with Gasteiger partial charge in [-0.1, -0.05) is 60.1 Å². The summed E-state index contributed by atoms with van der Waals surface area (Å²) >= 11 is 5.95. The van der Waals surface area contributed by atoms with Crippen LogP contribution in [0.25, 0.3) is 17.0 Å². The minimum absolute atomic E-state index is 0.251. The highest BCUT2D eigenvalue weighted by molar-refractivity contribution is 6.30. The van der Waals surface area contributed by atoms with Crippen molar-refractivity contribution in [3.8, 4) is 0 Å². The lowest BCUT2D eigenvalue weighted by atomic mass is 10.1. The predicted octanol–water partition coefficient (Wildman–Crippen LogP) is 3.63. The highest BCUT2D eigenvalue weighted by Crippen LogP contribution is 2.13. The quantitative estimate of drug-likeness (QED) is 0.242. The zero-order chi connectivity index (χ0) is 24.1. The van der Waals surface area contributed by atoms with Crippen LogP contribution < -0.4 is 16.7 Å². The van der Waals surface area contributed by atoms with Gasteiger partial charge in [-0.2, -0.15) is 0 Å². The number of hydrogen-bond donors (Lipinski definition) is 2. The number of amides is 1. The highest BCUT2D eigenvalue weighted by atomic mass is 35.5. The molecule has 0 bridgehead atoms. The van der Waals surface area contributed by atoms with E-state index in [1.807, 2.05) is 24.3 Å². The third-order valence-corrected chi connectivity index (χ3v) is 5.78. The third kappa shape index (κ3) is 5.17. The normalized spacial score (nSPS) is 11.2. The first-order valence-corrected chi connectivity index (χ1v) is 11.0. The number of halogens is 1. The molecule has 0 spiro atoms. The lowest BCUT2D eigenvalue weighted by Gasteiger charge is -2.14. The first-order chi connectivity index (χ1) is 16.5. The maximum atomic E-state index is 13.4. The van der Waals surface area contributed by atoms with Crippen LogP contribution in [0.4, 0.5) is 0 Å². The summed E-state index contributed by atoms with van der Waals surface area (Å²) in [6, 6.07) is 21.7. The largest absolute Gasteiger partial charge is 0.331 e. The van der Waals surface area contributed by atoms with Crippen molar-refractivity contribution < 1.29 is 10.0 Å². The molecule has 172 valence electrons. The predicted molar refractivity (Wildman–Crippen MR) is 132 cm³/mol. The van der Waals surface area contributed by atoms with Crippen molar-refractivity contribution in [3.63, 3.8) is 0 Å². The summed E-state index contributed by atoms with van der Waals surface area (Å²) in [5.41, 5.74) is 4.03. The van der Waals surface area contributed by atoms with E-state index in [0.29, 0.717) is 22.3 Å². The number of aryl methyl sites for hydroxylation is 1. The number of carbonyl (C=O) groups excluding carboxylic acids is 1. The van der Waals surface area contributed by atoms with Crippen LogP contribution in [0, 0.1) is 0 Å². The Balaban J connectivity index is 1.67. The summed E-state index contributed by atoms with van der Waals surface area (Å²) in [6.45, 7) is 0.530. The molecule has 0 aliphatic rings. The van der Waals surface area contributed by atoms with Crippen molar-refractivity contribution in [1.29, 1.82) is 0 Å². The number of para-hydroxylation sites is 1. The van der Waals surface area contributed by atoms with Crippen LogP contribution in [0.1, 0.15) is 16.7 Å². The van der Waals surface area contributed by atoms with Gasteiger partial charge in [0.05, 0.1) is 17.4 Å². The monoisotopic (exact) mass is 475 g/mol. The SMILES string of the molecule is O=C(/C=C/c1ccc(Cn2c(=O)n(CCc3ccc(Cl)cc3)c(=O)c3ccccc32)cc1)NO. The van der Waals surface area contributed by atoms with Gasteiger partial charge in [-0.3, -0.25) is 23.9 Å². The minimum Gasteiger partial charge on any atom is -0.289 e. The second-order valence-corrected chi connectivity index (χ2v) is 8.21. The van der Waals surface area contributed by atoms with Crippen LogP contribution in [-0.2, 0) is 24.3 Å². The summed E-state index contributed by atoms with van der Waals surface area (Å²) in [4.78, 5) is 37.6. The van der Waals surface area contributed by atoms with Crippen LogP contribution in [0.2, 0.25) is 5.02 Å². The summed E-state index contributed by atoms with van der Waals surface area (Å²) < 4.78 is 2.88. The Morgan fingerprint density at radius 1 is 0.912 bits per heavy atom. The molecule has 1 aromatic heterocycles.